The fourth-order valence-corrected chi connectivity index (χ4v) is 3.60. The topological polar surface area (TPSA) is 75.5 Å². The van der Waals surface area contributed by atoms with Crippen LogP contribution in [0.2, 0.25) is 0 Å². The molecule has 8 heteroatoms. The Morgan fingerprint density at radius 2 is 1.64 bits per heavy atom. The summed E-state index contributed by atoms with van der Waals surface area (Å²) in [5.41, 5.74) is 3.16. The highest BCUT2D eigenvalue weighted by molar-refractivity contribution is 7.15. The van der Waals surface area contributed by atoms with Gasteiger partial charge in [-0.3, -0.25) is 14.0 Å². The van der Waals surface area contributed by atoms with Crippen molar-refractivity contribution in [2.75, 3.05) is 10.6 Å². The Morgan fingerprint density at radius 3 is 2.29 bits per heavy atom. The van der Waals surface area contributed by atoms with Gasteiger partial charge in [-0.15, -0.1) is 11.3 Å². The third-order valence-corrected chi connectivity index (χ3v) is 4.88. The number of anilines is 2. The molecule has 0 saturated carbocycles. The molecule has 2 heterocycles. The van der Waals surface area contributed by atoms with E-state index < -0.39 is 0 Å². The van der Waals surface area contributed by atoms with Gasteiger partial charge in [-0.2, -0.15) is 0 Å². The molecular formula is C20H15FN4O2S. The summed E-state index contributed by atoms with van der Waals surface area (Å²) in [7, 11) is 0. The van der Waals surface area contributed by atoms with Crippen LogP contribution >= 0.6 is 11.3 Å². The third kappa shape index (κ3) is 3.63. The molecule has 4 rings (SSSR count). The van der Waals surface area contributed by atoms with Crippen LogP contribution in [0.4, 0.5) is 15.8 Å². The SMILES string of the molecule is CC(=O)Nc1ccc(NC(=O)c2csc3nc(-c4ccc(F)cc4)cn23)cc1. The van der Waals surface area contributed by atoms with E-state index in [2.05, 4.69) is 15.6 Å². The van der Waals surface area contributed by atoms with Gasteiger partial charge in [-0.05, 0) is 48.5 Å². The maximum atomic E-state index is 13.1. The van der Waals surface area contributed by atoms with Crippen LogP contribution in [0.5, 0.6) is 0 Å². The predicted octanol–water partition coefficient (Wildman–Crippen LogP) is 4.41. The Labute approximate surface area is 163 Å². The smallest absolute Gasteiger partial charge is 0.273 e. The first kappa shape index (κ1) is 17.9. The Morgan fingerprint density at radius 1 is 1.00 bits per heavy atom. The summed E-state index contributed by atoms with van der Waals surface area (Å²) in [4.78, 5) is 28.9. The zero-order valence-corrected chi connectivity index (χ0v) is 15.6. The molecule has 0 unspecified atom stereocenters. The minimum Gasteiger partial charge on any atom is -0.326 e. The summed E-state index contributed by atoms with van der Waals surface area (Å²) in [6.07, 6.45) is 1.76. The molecule has 140 valence electrons. The summed E-state index contributed by atoms with van der Waals surface area (Å²) >= 11 is 1.35. The zero-order chi connectivity index (χ0) is 19.7. The standard InChI is InChI=1S/C20H15FN4O2S/c1-12(26)22-15-6-8-16(9-7-15)23-19(27)18-11-28-20-24-17(10-25(18)20)13-2-4-14(21)5-3-13/h2-11H,1H3,(H,22,26)(H,23,27). The molecule has 0 aliphatic heterocycles. The highest BCUT2D eigenvalue weighted by Gasteiger charge is 2.15. The van der Waals surface area contributed by atoms with Gasteiger partial charge in [0, 0.05) is 35.4 Å². The number of imidazole rings is 1. The molecule has 28 heavy (non-hydrogen) atoms. The third-order valence-electron chi connectivity index (χ3n) is 4.04. The second-order valence-electron chi connectivity index (χ2n) is 6.12. The van der Waals surface area contributed by atoms with E-state index in [1.54, 1.807) is 52.4 Å². The van der Waals surface area contributed by atoms with Crippen LogP contribution in [0.25, 0.3) is 16.2 Å². The molecule has 0 spiro atoms. The van der Waals surface area contributed by atoms with Gasteiger partial charge in [0.1, 0.15) is 11.5 Å². The number of rotatable bonds is 4. The van der Waals surface area contributed by atoms with Crippen LogP contribution in [0.3, 0.4) is 0 Å². The highest BCUT2D eigenvalue weighted by Crippen LogP contribution is 2.24. The molecule has 0 aliphatic carbocycles. The lowest BCUT2D eigenvalue weighted by molar-refractivity contribution is -0.114. The first-order chi connectivity index (χ1) is 13.5. The van der Waals surface area contributed by atoms with Crippen LogP contribution in [0.15, 0.2) is 60.1 Å². The van der Waals surface area contributed by atoms with Crippen LogP contribution < -0.4 is 10.6 Å². The Hall–Kier alpha value is -3.52. The van der Waals surface area contributed by atoms with Crippen molar-refractivity contribution in [3.8, 4) is 11.3 Å². The van der Waals surface area contributed by atoms with Crippen LogP contribution in [-0.2, 0) is 4.79 Å². The molecule has 2 amide bonds. The van der Waals surface area contributed by atoms with E-state index in [9.17, 15) is 14.0 Å². The number of hydrogen-bond acceptors (Lipinski definition) is 4. The summed E-state index contributed by atoms with van der Waals surface area (Å²) in [6.45, 7) is 1.43. The van der Waals surface area contributed by atoms with Gasteiger partial charge in [-0.25, -0.2) is 9.37 Å². The number of aromatic nitrogens is 2. The van der Waals surface area contributed by atoms with Crippen LogP contribution in [0.1, 0.15) is 17.4 Å². The number of benzene rings is 2. The normalized spacial score (nSPS) is 10.8. The molecule has 0 fully saturated rings. The summed E-state index contributed by atoms with van der Waals surface area (Å²) in [6, 6.07) is 12.9. The lowest BCUT2D eigenvalue weighted by atomic mass is 10.2. The van der Waals surface area contributed by atoms with Crippen molar-refractivity contribution in [2.24, 2.45) is 0 Å². The number of nitrogens with one attached hydrogen (secondary N) is 2. The molecule has 0 aliphatic rings. The second kappa shape index (κ2) is 7.24. The first-order valence-corrected chi connectivity index (χ1v) is 9.29. The maximum Gasteiger partial charge on any atom is 0.273 e. The Bertz CT molecular complexity index is 1160. The van der Waals surface area contributed by atoms with Gasteiger partial charge in [-0.1, -0.05) is 0 Å². The van der Waals surface area contributed by atoms with Gasteiger partial charge in [0.2, 0.25) is 5.91 Å². The fourth-order valence-electron chi connectivity index (χ4n) is 2.74. The highest BCUT2D eigenvalue weighted by atomic mass is 32.1. The quantitative estimate of drug-likeness (QED) is 0.538. The van der Waals surface area contributed by atoms with Gasteiger partial charge in [0.05, 0.1) is 5.69 Å². The van der Waals surface area contributed by atoms with Crippen molar-refractivity contribution in [3.63, 3.8) is 0 Å². The fraction of sp³-hybridized carbons (Fsp3) is 0.0500. The van der Waals surface area contributed by atoms with E-state index in [1.807, 2.05) is 0 Å². The minimum absolute atomic E-state index is 0.158. The van der Waals surface area contributed by atoms with E-state index in [0.717, 1.165) is 5.56 Å². The molecule has 0 saturated heterocycles. The van der Waals surface area contributed by atoms with Gasteiger partial charge in [0.25, 0.3) is 5.91 Å². The molecule has 0 radical (unpaired) electrons. The lowest BCUT2D eigenvalue weighted by Crippen LogP contribution is -2.14. The van der Waals surface area contributed by atoms with E-state index in [-0.39, 0.29) is 17.6 Å². The molecule has 2 aromatic carbocycles. The number of carbonyl (C=O) groups is 2. The summed E-state index contributed by atoms with van der Waals surface area (Å²) < 4.78 is 14.8. The van der Waals surface area contributed by atoms with Crippen LogP contribution in [0, 0.1) is 5.82 Å². The van der Waals surface area contributed by atoms with Crippen molar-refractivity contribution in [1.29, 1.82) is 0 Å². The maximum absolute atomic E-state index is 13.1. The van der Waals surface area contributed by atoms with Crippen LogP contribution in [-0.4, -0.2) is 21.2 Å². The van der Waals surface area contributed by atoms with Crippen molar-refractivity contribution in [3.05, 3.63) is 71.6 Å². The Kier molecular flexibility index (Phi) is 4.62. The number of hydrogen-bond donors (Lipinski definition) is 2. The van der Waals surface area contributed by atoms with Crippen molar-refractivity contribution in [2.45, 2.75) is 6.92 Å². The minimum atomic E-state index is -0.311. The molecule has 4 aromatic rings. The van der Waals surface area contributed by atoms with Gasteiger partial charge < -0.3 is 10.6 Å². The van der Waals surface area contributed by atoms with Gasteiger partial charge in [0.15, 0.2) is 4.96 Å². The summed E-state index contributed by atoms with van der Waals surface area (Å²) in [5.74, 6) is -0.745. The van der Waals surface area contributed by atoms with Gasteiger partial charge >= 0.3 is 0 Å². The number of amides is 2. The Balaban J connectivity index is 1.56. The molecule has 2 N–H and O–H groups in total. The van der Waals surface area contributed by atoms with Crippen molar-refractivity contribution >= 4 is 39.5 Å². The van der Waals surface area contributed by atoms with E-state index >= 15 is 0 Å². The number of nitrogens with zero attached hydrogens (tertiary/aromatic N) is 2. The predicted molar refractivity (Wildman–Crippen MR) is 107 cm³/mol. The van der Waals surface area contributed by atoms with Crippen molar-refractivity contribution < 1.29 is 14.0 Å². The van der Waals surface area contributed by atoms with E-state index in [4.69, 9.17) is 0 Å². The average molecular weight is 394 g/mol. The number of thiazole rings is 1. The molecule has 0 bridgehead atoms. The monoisotopic (exact) mass is 394 g/mol. The second-order valence-corrected chi connectivity index (χ2v) is 6.96. The first-order valence-electron chi connectivity index (χ1n) is 8.41. The summed E-state index contributed by atoms with van der Waals surface area (Å²) in [5, 5.41) is 7.24. The zero-order valence-electron chi connectivity index (χ0n) is 14.8. The number of carbonyl (C=O) groups excluding carboxylic acids is 2. The largest absolute Gasteiger partial charge is 0.326 e. The van der Waals surface area contributed by atoms with Crippen molar-refractivity contribution in [1.82, 2.24) is 9.38 Å². The molecule has 2 aromatic heterocycles. The molecule has 0 atom stereocenters. The lowest BCUT2D eigenvalue weighted by Gasteiger charge is -2.06. The molecular weight excluding hydrogens is 379 g/mol. The van der Waals surface area contributed by atoms with E-state index in [1.165, 1.54) is 30.4 Å². The number of fused-ring (bicyclic) bond motifs is 1. The number of halogens is 1. The average Bonchev–Trinajstić information content (AvgIpc) is 3.24. The van der Waals surface area contributed by atoms with E-state index in [0.29, 0.717) is 27.7 Å². The molecule has 6 nitrogen and oxygen atoms in total.